The third kappa shape index (κ3) is 3.89. The molecule has 0 saturated carbocycles. The molecule has 20 heavy (non-hydrogen) atoms. The average molecular weight is 316 g/mol. The van der Waals surface area contributed by atoms with Crippen LogP contribution < -0.4 is 16.2 Å². The Hall–Kier alpha value is -1.71. The largest absolute Gasteiger partial charge is 0.364 e. The van der Waals surface area contributed by atoms with Crippen molar-refractivity contribution in [2.24, 2.45) is 0 Å². The first kappa shape index (κ1) is 16.3. The second-order valence-electron chi connectivity index (χ2n) is 3.97. The van der Waals surface area contributed by atoms with Crippen LogP contribution in [-0.2, 0) is 10.0 Å². The van der Waals surface area contributed by atoms with Crippen LogP contribution in [0, 0.1) is 0 Å². The molecule has 0 bridgehead atoms. The third-order valence-corrected chi connectivity index (χ3v) is 4.51. The molecule has 0 aliphatic carbocycles. The zero-order valence-corrected chi connectivity index (χ0v) is 12.9. The first-order valence-corrected chi connectivity index (χ1v) is 7.44. The van der Waals surface area contributed by atoms with E-state index < -0.39 is 15.9 Å². The van der Waals surface area contributed by atoms with Crippen molar-refractivity contribution in [3.05, 3.63) is 29.8 Å². The highest BCUT2D eigenvalue weighted by Crippen LogP contribution is 2.14. The zero-order chi connectivity index (χ0) is 15.3. The third-order valence-electron chi connectivity index (χ3n) is 2.39. The Bertz CT molecular complexity index is 614. The summed E-state index contributed by atoms with van der Waals surface area (Å²) in [5.74, 6) is -0.488. The smallest absolute Gasteiger partial charge is 0.269 e. The topological polar surface area (TPSA) is 90.5 Å². The van der Waals surface area contributed by atoms with Crippen LogP contribution in [0.5, 0.6) is 0 Å². The van der Waals surface area contributed by atoms with E-state index in [0.717, 1.165) is 4.31 Å². The molecule has 0 aliphatic rings. The van der Waals surface area contributed by atoms with Crippen molar-refractivity contribution in [2.75, 3.05) is 21.1 Å². The summed E-state index contributed by atoms with van der Waals surface area (Å²) in [5.41, 5.74) is 5.04. The number of rotatable bonds is 3. The molecule has 7 nitrogen and oxygen atoms in total. The molecule has 1 aromatic rings. The second kappa shape index (κ2) is 6.64. The molecule has 1 rings (SSSR count). The van der Waals surface area contributed by atoms with Gasteiger partial charge < -0.3 is 5.32 Å². The molecule has 0 heterocycles. The molecule has 0 unspecified atom stereocenters. The van der Waals surface area contributed by atoms with E-state index >= 15 is 0 Å². The van der Waals surface area contributed by atoms with E-state index in [4.69, 9.17) is 12.2 Å². The Morgan fingerprint density at radius 3 is 2.45 bits per heavy atom. The van der Waals surface area contributed by atoms with Gasteiger partial charge in [-0.25, -0.2) is 12.7 Å². The number of sulfonamides is 1. The Balaban J connectivity index is 2.94. The lowest BCUT2D eigenvalue weighted by atomic mass is 10.2. The number of thiocarbonyl (C=S) groups is 1. The molecule has 0 aromatic heterocycles. The zero-order valence-electron chi connectivity index (χ0n) is 11.3. The van der Waals surface area contributed by atoms with Crippen molar-refractivity contribution in [2.45, 2.75) is 4.90 Å². The van der Waals surface area contributed by atoms with Crippen LogP contribution in [0.1, 0.15) is 10.4 Å². The first-order chi connectivity index (χ1) is 9.28. The van der Waals surface area contributed by atoms with Gasteiger partial charge in [0.1, 0.15) is 0 Å². The standard InChI is InChI=1S/C11H16N4O3S2/c1-12-11(19)14-13-10(16)8-5-4-6-9(7-8)20(17,18)15(2)3/h4-7H,1-3H3,(H,13,16)(H2,12,14,19). The number of hydrogen-bond donors (Lipinski definition) is 3. The molecular weight excluding hydrogens is 300 g/mol. The van der Waals surface area contributed by atoms with E-state index in [1.165, 1.54) is 38.4 Å². The highest BCUT2D eigenvalue weighted by molar-refractivity contribution is 7.89. The maximum Gasteiger partial charge on any atom is 0.269 e. The van der Waals surface area contributed by atoms with Crippen LogP contribution in [0.2, 0.25) is 0 Å². The monoisotopic (exact) mass is 316 g/mol. The van der Waals surface area contributed by atoms with Gasteiger partial charge in [0.15, 0.2) is 5.11 Å². The minimum absolute atomic E-state index is 0.0475. The minimum atomic E-state index is -3.57. The van der Waals surface area contributed by atoms with Gasteiger partial charge in [-0.05, 0) is 30.4 Å². The summed E-state index contributed by atoms with van der Waals surface area (Å²) in [6.45, 7) is 0. The van der Waals surface area contributed by atoms with Crippen molar-refractivity contribution in [1.29, 1.82) is 0 Å². The number of carbonyl (C=O) groups is 1. The SMILES string of the molecule is CNC(=S)NNC(=O)c1cccc(S(=O)(=O)N(C)C)c1. The summed E-state index contributed by atoms with van der Waals surface area (Å²) in [4.78, 5) is 11.9. The van der Waals surface area contributed by atoms with Gasteiger partial charge in [-0.2, -0.15) is 0 Å². The van der Waals surface area contributed by atoms with Gasteiger partial charge >= 0.3 is 0 Å². The van der Waals surface area contributed by atoms with E-state index in [2.05, 4.69) is 16.2 Å². The number of nitrogens with zero attached hydrogens (tertiary/aromatic N) is 1. The molecule has 9 heteroatoms. The van der Waals surface area contributed by atoms with Crippen LogP contribution in [-0.4, -0.2) is 44.9 Å². The van der Waals surface area contributed by atoms with Gasteiger partial charge in [0.05, 0.1) is 4.90 Å². The Labute approximate surface area is 123 Å². The van der Waals surface area contributed by atoms with Crippen molar-refractivity contribution in [3.63, 3.8) is 0 Å². The van der Waals surface area contributed by atoms with Crippen LogP contribution >= 0.6 is 12.2 Å². The number of carbonyl (C=O) groups excluding carboxylic acids is 1. The Morgan fingerprint density at radius 1 is 1.25 bits per heavy atom. The summed E-state index contributed by atoms with van der Waals surface area (Å²) < 4.78 is 25.0. The number of amides is 1. The summed E-state index contributed by atoms with van der Waals surface area (Å²) in [7, 11) is 0.880. The first-order valence-electron chi connectivity index (χ1n) is 5.59. The highest BCUT2D eigenvalue weighted by atomic mass is 32.2. The maximum absolute atomic E-state index is 12.0. The van der Waals surface area contributed by atoms with Crippen LogP contribution in [0.15, 0.2) is 29.2 Å². The van der Waals surface area contributed by atoms with E-state index in [0.29, 0.717) is 0 Å². The molecule has 1 amide bonds. The number of nitrogens with one attached hydrogen (secondary N) is 3. The molecule has 110 valence electrons. The van der Waals surface area contributed by atoms with Crippen molar-refractivity contribution >= 4 is 33.3 Å². The van der Waals surface area contributed by atoms with E-state index in [9.17, 15) is 13.2 Å². The van der Waals surface area contributed by atoms with Gasteiger partial charge in [0.2, 0.25) is 10.0 Å². The van der Waals surface area contributed by atoms with Crippen LogP contribution in [0.4, 0.5) is 0 Å². The molecule has 1 aromatic carbocycles. The van der Waals surface area contributed by atoms with E-state index in [-0.39, 0.29) is 15.6 Å². The lowest BCUT2D eigenvalue weighted by Gasteiger charge is -2.13. The van der Waals surface area contributed by atoms with Gasteiger partial charge in [0.25, 0.3) is 5.91 Å². The number of hydrazine groups is 1. The maximum atomic E-state index is 12.0. The fourth-order valence-electron chi connectivity index (χ4n) is 1.26. The fraction of sp³-hybridized carbons (Fsp3) is 0.273. The lowest BCUT2D eigenvalue weighted by Crippen LogP contribution is -2.45. The summed E-state index contributed by atoms with van der Waals surface area (Å²) in [6, 6.07) is 5.74. The molecule has 0 radical (unpaired) electrons. The quantitative estimate of drug-likeness (QED) is 0.523. The molecule has 0 saturated heterocycles. The van der Waals surface area contributed by atoms with E-state index in [1.54, 1.807) is 7.05 Å². The molecule has 0 atom stereocenters. The minimum Gasteiger partial charge on any atom is -0.364 e. The normalized spacial score (nSPS) is 11.0. The predicted molar refractivity (Wildman–Crippen MR) is 79.6 cm³/mol. The lowest BCUT2D eigenvalue weighted by molar-refractivity contribution is 0.0943. The predicted octanol–water partition coefficient (Wildman–Crippen LogP) is -0.324. The van der Waals surface area contributed by atoms with Crippen LogP contribution in [0.25, 0.3) is 0 Å². The number of hydrogen-bond acceptors (Lipinski definition) is 4. The summed E-state index contributed by atoms with van der Waals surface area (Å²) in [5, 5.41) is 2.87. The van der Waals surface area contributed by atoms with E-state index in [1.807, 2.05) is 0 Å². The Kier molecular flexibility index (Phi) is 5.43. The van der Waals surface area contributed by atoms with Crippen LogP contribution in [0.3, 0.4) is 0 Å². The average Bonchev–Trinajstić information content (AvgIpc) is 2.44. The molecule has 0 fully saturated rings. The summed E-state index contributed by atoms with van der Waals surface area (Å²) >= 11 is 4.80. The van der Waals surface area contributed by atoms with Crippen molar-refractivity contribution in [1.82, 2.24) is 20.5 Å². The fourth-order valence-corrected chi connectivity index (χ4v) is 2.26. The second-order valence-corrected chi connectivity index (χ2v) is 6.53. The molecule has 3 N–H and O–H groups in total. The number of benzene rings is 1. The van der Waals surface area contributed by atoms with Gasteiger partial charge in [0, 0.05) is 26.7 Å². The highest BCUT2D eigenvalue weighted by Gasteiger charge is 2.18. The molecule has 0 spiro atoms. The van der Waals surface area contributed by atoms with Gasteiger partial charge in [-0.15, -0.1) is 0 Å². The van der Waals surface area contributed by atoms with Crippen molar-refractivity contribution < 1.29 is 13.2 Å². The van der Waals surface area contributed by atoms with Gasteiger partial charge in [-0.3, -0.25) is 15.6 Å². The summed E-state index contributed by atoms with van der Waals surface area (Å²) in [6.07, 6.45) is 0. The van der Waals surface area contributed by atoms with Gasteiger partial charge in [-0.1, -0.05) is 6.07 Å². The molecule has 0 aliphatic heterocycles. The Morgan fingerprint density at radius 2 is 1.90 bits per heavy atom. The molecular formula is C11H16N4O3S2. The van der Waals surface area contributed by atoms with Crippen molar-refractivity contribution in [3.8, 4) is 0 Å².